The van der Waals surface area contributed by atoms with E-state index < -0.39 is 35.6 Å². The van der Waals surface area contributed by atoms with Crippen molar-refractivity contribution in [3.05, 3.63) is 108 Å². The van der Waals surface area contributed by atoms with Gasteiger partial charge in [0.15, 0.2) is 0 Å². The Morgan fingerprint density at radius 3 is 2.00 bits per heavy atom. The van der Waals surface area contributed by atoms with Crippen molar-refractivity contribution in [2.45, 2.75) is 37.9 Å². The summed E-state index contributed by atoms with van der Waals surface area (Å²) in [7, 11) is 0. The highest BCUT2D eigenvalue weighted by atomic mass is 16.2. The van der Waals surface area contributed by atoms with Crippen LogP contribution in [0.1, 0.15) is 34.3 Å². The molecule has 3 N–H and O–H groups in total. The summed E-state index contributed by atoms with van der Waals surface area (Å²) in [6, 6.07) is 24.5. The Morgan fingerprint density at radius 1 is 0.789 bits per heavy atom. The Balaban J connectivity index is 1.45. The average Bonchev–Trinajstić information content (AvgIpc) is 3.32. The van der Waals surface area contributed by atoms with Crippen LogP contribution in [0.3, 0.4) is 0 Å². The van der Waals surface area contributed by atoms with Crippen LogP contribution in [0.15, 0.2) is 91.0 Å². The van der Waals surface area contributed by atoms with Gasteiger partial charge in [-0.15, -0.1) is 0 Å². The molecule has 0 aliphatic carbocycles. The molecule has 4 rings (SSSR count). The zero-order valence-corrected chi connectivity index (χ0v) is 20.6. The summed E-state index contributed by atoms with van der Waals surface area (Å²) < 4.78 is 0. The molecular weight excluding hydrogens is 484 g/mol. The number of carbonyl (C=O) groups is 5. The first-order valence-corrected chi connectivity index (χ1v) is 12.3. The van der Waals surface area contributed by atoms with Crippen molar-refractivity contribution in [1.82, 2.24) is 21.1 Å². The van der Waals surface area contributed by atoms with E-state index in [-0.39, 0.29) is 25.3 Å². The van der Waals surface area contributed by atoms with E-state index in [1.165, 1.54) is 4.90 Å². The van der Waals surface area contributed by atoms with Crippen molar-refractivity contribution >= 4 is 29.4 Å². The number of nitrogens with one attached hydrogen (secondary N) is 3. The Kier molecular flexibility index (Phi) is 8.61. The molecule has 0 bridgehead atoms. The predicted octanol–water partition coefficient (Wildman–Crippen LogP) is 1.94. The zero-order valence-electron chi connectivity index (χ0n) is 20.6. The Labute approximate surface area is 220 Å². The maximum atomic E-state index is 13.3. The van der Waals surface area contributed by atoms with Gasteiger partial charge in [-0.05, 0) is 29.7 Å². The van der Waals surface area contributed by atoms with Crippen LogP contribution in [0.25, 0.3) is 0 Å². The summed E-state index contributed by atoms with van der Waals surface area (Å²) in [4.78, 5) is 65.4. The summed E-state index contributed by atoms with van der Waals surface area (Å²) >= 11 is 0. The zero-order chi connectivity index (χ0) is 26.9. The molecule has 9 heteroatoms. The Bertz CT molecular complexity index is 1300. The first-order chi connectivity index (χ1) is 18.4. The van der Waals surface area contributed by atoms with E-state index in [2.05, 4.69) is 16.2 Å². The van der Waals surface area contributed by atoms with Gasteiger partial charge in [0.05, 0.1) is 0 Å². The molecule has 0 radical (unpaired) electrons. The van der Waals surface area contributed by atoms with E-state index in [1.807, 2.05) is 36.4 Å². The van der Waals surface area contributed by atoms with Gasteiger partial charge in [-0.2, -0.15) is 0 Å². The molecule has 4 amide bonds. The molecule has 1 saturated heterocycles. The lowest BCUT2D eigenvalue weighted by atomic mass is 10.0. The van der Waals surface area contributed by atoms with E-state index in [9.17, 15) is 24.0 Å². The summed E-state index contributed by atoms with van der Waals surface area (Å²) in [6.07, 6.45) is 0.585. The van der Waals surface area contributed by atoms with Gasteiger partial charge in [-0.1, -0.05) is 78.9 Å². The lowest BCUT2D eigenvalue weighted by Gasteiger charge is -2.26. The van der Waals surface area contributed by atoms with Gasteiger partial charge in [0, 0.05) is 24.9 Å². The first-order valence-electron chi connectivity index (χ1n) is 12.3. The molecule has 38 heavy (non-hydrogen) atoms. The molecule has 3 aromatic carbocycles. The van der Waals surface area contributed by atoms with Crippen molar-refractivity contribution in [2.24, 2.45) is 0 Å². The van der Waals surface area contributed by atoms with Crippen LogP contribution in [-0.2, 0) is 32.1 Å². The highest BCUT2D eigenvalue weighted by Crippen LogP contribution is 2.22. The van der Waals surface area contributed by atoms with Crippen molar-refractivity contribution in [2.75, 3.05) is 0 Å². The standard InChI is InChI=1S/C29H28N4O5/c34-25-17-16-24(33(25)19-21-12-6-2-7-13-21)28(37)30-23(18-20-10-4-1-5-11-20)26(35)29(38)32-31-27(36)22-14-8-3-9-15-22/h1-15,23-24H,16-19H2,(H,30,37)(H,31,36)(H,32,38)/t23?,24-/m0/s1. The van der Waals surface area contributed by atoms with Crippen LogP contribution < -0.4 is 16.2 Å². The largest absolute Gasteiger partial charge is 0.344 e. The summed E-state index contributed by atoms with van der Waals surface area (Å²) in [6.45, 7) is 0.265. The second kappa shape index (κ2) is 12.4. The first kappa shape index (κ1) is 26.3. The third-order valence-electron chi connectivity index (χ3n) is 6.29. The third-order valence-corrected chi connectivity index (χ3v) is 6.29. The number of amides is 4. The minimum Gasteiger partial charge on any atom is -0.344 e. The number of benzene rings is 3. The van der Waals surface area contributed by atoms with Gasteiger partial charge in [0.1, 0.15) is 12.1 Å². The van der Waals surface area contributed by atoms with Crippen molar-refractivity contribution < 1.29 is 24.0 Å². The fraction of sp³-hybridized carbons (Fsp3) is 0.207. The number of nitrogens with zero attached hydrogens (tertiary/aromatic N) is 1. The molecule has 1 fully saturated rings. The van der Waals surface area contributed by atoms with Crippen LogP contribution in [0.2, 0.25) is 0 Å². The minimum absolute atomic E-state index is 0.0603. The van der Waals surface area contributed by atoms with Crippen LogP contribution in [0, 0.1) is 0 Å². The number of hydrogen-bond donors (Lipinski definition) is 3. The number of Topliss-reactive ketones (excluding diaryl/α,β-unsaturated/α-hetero) is 1. The quantitative estimate of drug-likeness (QED) is 0.299. The lowest BCUT2D eigenvalue weighted by molar-refractivity contribution is -0.141. The van der Waals surface area contributed by atoms with E-state index in [0.717, 1.165) is 11.1 Å². The second-order valence-corrected chi connectivity index (χ2v) is 8.95. The third kappa shape index (κ3) is 6.70. The molecule has 1 aliphatic heterocycles. The number of hydrogen-bond acceptors (Lipinski definition) is 5. The van der Waals surface area contributed by atoms with E-state index >= 15 is 0 Å². The molecule has 0 spiro atoms. The maximum Gasteiger partial charge on any atom is 0.307 e. The van der Waals surface area contributed by atoms with Crippen LogP contribution in [0.5, 0.6) is 0 Å². The second-order valence-electron chi connectivity index (χ2n) is 8.95. The van der Waals surface area contributed by atoms with Crippen LogP contribution in [0.4, 0.5) is 0 Å². The van der Waals surface area contributed by atoms with Gasteiger partial charge < -0.3 is 10.2 Å². The SMILES string of the molecule is O=C(NNC(=O)c1ccccc1)C(=O)C(Cc1ccccc1)NC(=O)[C@@H]1CCC(=O)N1Cc1ccccc1. The molecule has 9 nitrogen and oxygen atoms in total. The van der Waals surface area contributed by atoms with Crippen molar-refractivity contribution in [3.63, 3.8) is 0 Å². The Hall–Kier alpha value is -4.79. The highest BCUT2D eigenvalue weighted by molar-refractivity contribution is 6.38. The predicted molar refractivity (Wildman–Crippen MR) is 139 cm³/mol. The van der Waals surface area contributed by atoms with E-state index in [4.69, 9.17) is 0 Å². The molecular formula is C29H28N4O5. The van der Waals surface area contributed by atoms with Gasteiger partial charge in [-0.25, -0.2) is 0 Å². The van der Waals surface area contributed by atoms with Crippen LogP contribution >= 0.6 is 0 Å². The van der Waals surface area contributed by atoms with Gasteiger partial charge >= 0.3 is 5.91 Å². The highest BCUT2D eigenvalue weighted by Gasteiger charge is 2.38. The molecule has 0 saturated carbocycles. The number of hydrazine groups is 1. The summed E-state index contributed by atoms with van der Waals surface area (Å²) in [5, 5.41) is 2.69. The fourth-order valence-corrected chi connectivity index (χ4v) is 4.31. The molecule has 2 atom stereocenters. The number of ketones is 1. The number of likely N-dealkylation sites (tertiary alicyclic amines) is 1. The van der Waals surface area contributed by atoms with E-state index in [0.29, 0.717) is 12.0 Å². The number of rotatable bonds is 9. The van der Waals surface area contributed by atoms with Gasteiger partial charge in [0.25, 0.3) is 5.91 Å². The normalized spacial score (nSPS) is 15.4. The summed E-state index contributed by atoms with van der Waals surface area (Å²) in [5.41, 5.74) is 6.27. The smallest absolute Gasteiger partial charge is 0.307 e. The Morgan fingerprint density at radius 2 is 1.37 bits per heavy atom. The van der Waals surface area contributed by atoms with Gasteiger partial charge in [-0.3, -0.25) is 34.8 Å². The van der Waals surface area contributed by atoms with Crippen LogP contribution in [-0.4, -0.2) is 46.4 Å². The number of carbonyl (C=O) groups excluding carboxylic acids is 5. The minimum atomic E-state index is -1.20. The molecule has 1 heterocycles. The van der Waals surface area contributed by atoms with Crippen molar-refractivity contribution in [3.8, 4) is 0 Å². The molecule has 0 aromatic heterocycles. The average molecular weight is 513 g/mol. The van der Waals surface area contributed by atoms with Gasteiger partial charge in [0.2, 0.25) is 17.6 Å². The molecule has 3 aromatic rings. The lowest BCUT2D eigenvalue weighted by Crippen LogP contribution is -2.55. The molecule has 1 aliphatic rings. The topological polar surface area (TPSA) is 125 Å². The monoisotopic (exact) mass is 512 g/mol. The molecule has 1 unspecified atom stereocenters. The fourth-order valence-electron chi connectivity index (χ4n) is 4.31. The summed E-state index contributed by atoms with van der Waals surface area (Å²) in [5.74, 6) is -3.24. The molecule has 194 valence electrons. The van der Waals surface area contributed by atoms with Crippen molar-refractivity contribution in [1.29, 1.82) is 0 Å². The van der Waals surface area contributed by atoms with E-state index in [1.54, 1.807) is 54.6 Å². The maximum absolute atomic E-state index is 13.3.